The van der Waals surface area contributed by atoms with Crippen LogP contribution in [0, 0.1) is 0 Å². The van der Waals surface area contributed by atoms with E-state index in [4.69, 9.17) is 11.6 Å². The molecule has 1 unspecified atom stereocenters. The van der Waals surface area contributed by atoms with E-state index in [9.17, 15) is 4.79 Å². The van der Waals surface area contributed by atoms with Gasteiger partial charge in [0.05, 0.1) is 17.9 Å². The molecule has 18 heavy (non-hydrogen) atoms. The second kappa shape index (κ2) is 5.97. The summed E-state index contributed by atoms with van der Waals surface area (Å²) in [5.41, 5.74) is 0.436. The van der Waals surface area contributed by atoms with Gasteiger partial charge in [-0.3, -0.25) is 4.79 Å². The molecule has 1 saturated heterocycles. The van der Waals surface area contributed by atoms with Gasteiger partial charge >= 0.3 is 0 Å². The van der Waals surface area contributed by atoms with Gasteiger partial charge in [-0.15, -0.1) is 0 Å². The molecule has 0 bridgehead atoms. The van der Waals surface area contributed by atoms with Crippen LogP contribution in [0.15, 0.2) is 11.0 Å². The summed E-state index contributed by atoms with van der Waals surface area (Å²) in [7, 11) is 0. The number of aromatic nitrogens is 2. The topological polar surface area (TPSA) is 46.9 Å². The maximum atomic E-state index is 12.0. The first-order valence-corrected chi connectivity index (χ1v) is 7.74. The van der Waals surface area contributed by atoms with E-state index in [2.05, 4.69) is 10.4 Å². The zero-order valence-electron chi connectivity index (χ0n) is 10.6. The summed E-state index contributed by atoms with van der Waals surface area (Å²) in [6.45, 7) is 3.82. The number of thioether (sulfide) groups is 1. The van der Waals surface area contributed by atoms with Crippen LogP contribution >= 0.6 is 23.4 Å². The zero-order chi connectivity index (χ0) is 13.1. The van der Waals surface area contributed by atoms with Gasteiger partial charge in [-0.2, -0.15) is 16.9 Å². The van der Waals surface area contributed by atoms with Gasteiger partial charge in [0, 0.05) is 11.8 Å². The fourth-order valence-electron chi connectivity index (χ4n) is 1.99. The van der Waals surface area contributed by atoms with Crippen LogP contribution in [0.1, 0.15) is 32.7 Å². The normalized spacial score (nSPS) is 20.1. The molecule has 100 valence electrons. The van der Waals surface area contributed by atoms with Gasteiger partial charge in [-0.05, 0) is 32.4 Å². The molecule has 4 nitrogen and oxygen atoms in total. The standard InChI is InChI=1S/C12H18ClN3OS/c1-8(2)16-12(17)11(13)10(6-14-16)15-9-4-3-5-18-7-9/h6,8-9,15H,3-5,7H2,1-2H3. The van der Waals surface area contributed by atoms with Gasteiger partial charge in [0.2, 0.25) is 0 Å². The van der Waals surface area contributed by atoms with Crippen LogP contribution in [0.3, 0.4) is 0 Å². The number of nitrogens with one attached hydrogen (secondary N) is 1. The third-order valence-corrected chi connectivity index (χ3v) is 4.53. The van der Waals surface area contributed by atoms with E-state index >= 15 is 0 Å². The largest absolute Gasteiger partial charge is 0.379 e. The Kier molecular flexibility index (Phi) is 4.56. The van der Waals surface area contributed by atoms with E-state index in [1.165, 1.54) is 16.9 Å². The molecule has 6 heteroatoms. The Morgan fingerprint density at radius 3 is 3.00 bits per heavy atom. The predicted octanol–water partition coefficient (Wildman–Crippen LogP) is 2.79. The molecular weight excluding hydrogens is 270 g/mol. The van der Waals surface area contributed by atoms with Crippen LogP contribution in [0.4, 0.5) is 5.69 Å². The summed E-state index contributed by atoms with van der Waals surface area (Å²) in [5, 5.41) is 7.73. The molecule has 0 radical (unpaired) electrons. The van der Waals surface area contributed by atoms with E-state index in [0.29, 0.717) is 11.7 Å². The molecule has 1 aromatic heterocycles. The first-order chi connectivity index (χ1) is 8.59. The summed E-state index contributed by atoms with van der Waals surface area (Å²) in [5.74, 6) is 2.28. The smallest absolute Gasteiger partial charge is 0.287 e. The van der Waals surface area contributed by atoms with E-state index in [0.717, 1.165) is 12.2 Å². The van der Waals surface area contributed by atoms with Gasteiger partial charge in [0.15, 0.2) is 0 Å². The quantitative estimate of drug-likeness (QED) is 0.929. The summed E-state index contributed by atoms with van der Waals surface area (Å²) in [6, 6.07) is 0.409. The second-order valence-electron chi connectivity index (χ2n) is 4.77. The maximum Gasteiger partial charge on any atom is 0.287 e. The van der Waals surface area contributed by atoms with E-state index in [-0.39, 0.29) is 16.6 Å². The van der Waals surface area contributed by atoms with Crippen molar-refractivity contribution in [3.63, 3.8) is 0 Å². The molecule has 1 N–H and O–H groups in total. The third kappa shape index (κ3) is 3.01. The highest BCUT2D eigenvalue weighted by Crippen LogP contribution is 2.23. The lowest BCUT2D eigenvalue weighted by molar-refractivity contribution is 0.503. The highest BCUT2D eigenvalue weighted by Gasteiger charge is 2.17. The first-order valence-electron chi connectivity index (χ1n) is 6.21. The van der Waals surface area contributed by atoms with Crippen molar-refractivity contribution in [2.45, 2.75) is 38.8 Å². The number of anilines is 1. The minimum absolute atomic E-state index is 0.0225. The Balaban J connectivity index is 2.19. The average Bonchev–Trinajstić information content (AvgIpc) is 2.36. The van der Waals surface area contributed by atoms with Crippen LogP contribution in [0.25, 0.3) is 0 Å². The molecule has 0 spiro atoms. The van der Waals surface area contributed by atoms with Crippen LogP contribution < -0.4 is 10.9 Å². The summed E-state index contributed by atoms with van der Waals surface area (Å²) in [4.78, 5) is 12.0. The van der Waals surface area contributed by atoms with Crippen molar-refractivity contribution in [1.29, 1.82) is 0 Å². The molecule has 1 aliphatic rings. The van der Waals surface area contributed by atoms with Crippen molar-refractivity contribution < 1.29 is 0 Å². The molecule has 1 atom stereocenters. The summed E-state index contributed by atoms with van der Waals surface area (Å²) >= 11 is 8.05. The minimum Gasteiger partial charge on any atom is -0.379 e. The molecule has 0 saturated carbocycles. The van der Waals surface area contributed by atoms with Crippen molar-refractivity contribution in [2.24, 2.45) is 0 Å². The number of halogens is 1. The second-order valence-corrected chi connectivity index (χ2v) is 6.30. The lowest BCUT2D eigenvalue weighted by atomic mass is 10.2. The lowest BCUT2D eigenvalue weighted by Crippen LogP contribution is -2.30. The fraction of sp³-hybridized carbons (Fsp3) is 0.667. The SMILES string of the molecule is CC(C)n1ncc(NC2CCCSC2)c(Cl)c1=O. The Labute approximate surface area is 116 Å². The van der Waals surface area contributed by atoms with Crippen molar-refractivity contribution in [1.82, 2.24) is 9.78 Å². The number of nitrogens with zero attached hydrogens (tertiary/aromatic N) is 2. The molecule has 2 rings (SSSR count). The zero-order valence-corrected chi connectivity index (χ0v) is 12.2. The molecule has 0 amide bonds. The Morgan fingerprint density at radius 1 is 1.61 bits per heavy atom. The Hall–Kier alpha value is -0.680. The van der Waals surface area contributed by atoms with Gasteiger partial charge in [-0.1, -0.05) is 11.6 Å². The summed E-state index contributed by atoms with van der Waals surface area (Å²) in [6.07, 6.45) is 3.98. The maximum absolute atomic E-state index is 12.0. The van der Waals surface area contributed by atoms with Crippen molar-refractivity contribution in [3.05, 3.63) is 21.6 Å². The van der Waals surface area contributed by atoms with Gasteiger partial charge < -0.3 is 5.32 Å². The third-order valence-electron chi connectivity index (χ3n) is 2.95. The van der Waals surface area contributed by atoms with Crippen LogP contribution in [0.5, 0.6) is 0 Å². The Bertz CT molecular complexity index is 469. The average molecular weight is 288 g/mol. The molecule has 2 heterocycles. The van der Waals surface area contributed by atoms with Crippen molar-refractivity contribution in [2.75, 3.05) is 16.8 Å². The summed E-state index contributed by atoms with van der Waals surface area (Å²) < 4.78 is 1.41. The molecule has 0 aromatic carbocycles. The molecule has 1 aliphatic heterocycles. The molecular formula is C12H18ClN3OS. The molecule has 1 aromatic rings. The lowest BCUT2D eigenvalue weighted by Gasteiger charge is -2.24. The van der Waals surface area contributed by atoms with E-state index in [1.807, 2.05) is 25.6 Å². The fourth-order valence-corrected chi connectivity index (χ4v) is 3.25. The van der Waals surface area contributed by atoms with Crippen LogP contribution in [0.2, 0.25) is 5.02 Å². The van der Waals surface area contributed by atoms with E-state index in [1.54, 1.807) is 6.20 Å². The van der Waals surface area contributed by atoms with Crippen LogP contribution in [-0.4, -0.2) is 27.3 Å². The highest BCUT2D eigenvalue weighted by molar-refractivity contribution is 7.99. The monoisotopic (exact) mass is 287 g/mol. The van der Waals surface area contributed by atoms with Crippen molar-refractivity contribution >= 4 is 29.1 Å². The number of hydrogen-bond donors (Lipinski definition) is 1. The molecule has 0 aliphatic carbocycles. The number of hydrogen-bond acceptors (Lipinski definition) is 4. The highest BCUT2D eigenvalue weighted by atomic mass is 35.5. The van der Waals surface area contributed by atoms with Gasteiger partial charge in [0.25, 0.3) is 5.56 Å². The molecule has 1 fully saturated rings. The first kappa shape index (κ1) is 13.7. The van der Waals surface area contributed by atoms with Crippen LogP contribution in [-0.2, 0) is 0 Å². The van der Waals surface area contributed by atoms with Crippen molar-refractivity contribution in [3.8, 4) is 0 Å². The Morgan fingerprint density at radius 2 is 2.39 bits per heavy atom. The van der Waals surface area contributed by atoms with Gasteiger partial charge in [-0.25, -0.2) is 4.68 Å². The van der Waals surface area contributed by atoms with E-state index < -0.39 is 0 Å². The minimum atomic E-state index is -0.222. The number of rotatable bonds is 3. The predicted molar refractivity (Wildman–Crippen MR) is 77.9 cm³/mol. The van der Waals surface area contributed by atoms with Gasteiger partial charge in [0.1, 0.15) is 5.02 Å².